The van der Waals surface area contributed by atoms with Crippen molar-refractivity contribution < 1.29 is 34.7 Å². The van der Waals surface area contributed by atoms with Crippen molar-refractivity contribution in [2.75, 3.05) is 13.2 Å². The average molecular weight is 377 g/mol. The highest BCUT2D eigenvalue weighted by atomic mass is 16.7. The van der Waals surface area contributed by atoms with Crippen LogP contribution in [-0.4, -0.2) is 76.3 Å². The number of carbonyl (C=O) groups excluding carboxylic acids is 1. The van der Waals surface area contributed by atoms with Gasteiger partial charge in [0.15, 0.2) is 6.29 Å². The molecule has 0 radical (unpaired) electrons. The van der Waals surface area contributed by atoms with Gasteiger partial charge in [0.25, 0.3) is 0 Å². The number of ether oxygens (including phenoxy) is 2. The third-order valence-corrected chi connectivity index (χ3v) is 4.61. The normalized spacial score (nSPS) is 30.2. The number of rotatable bonds is 12. The fourth-order valence-corrected chi connectivity index (χ4v) is 2.98. The number of nitrogens with one attached hydrogen (secondary N) is 1. The highest BCUT2D eigenvalue weighted by Gasteiger charge is 2.43. The molecule has 0 bridgehead atoms. The number of aliphatic hydroxyl groups excluding tert-OH is 4. The molecule has 0 aromatic carbocycles. The Balaban J connectivity index is 2.59. The molecule has 5 N–H and O–H groups in total. The molecule has 0 spiro atoms. The Bertz CT molecular complexity index is 396. The number of amides is 1. The van der Waals surface area contributed by atoms with Crippen LogP contribution in [0.2, 0.25) is 0 Å². The van der Waals surface area contributed by atoms with Gasteiger partial charge in [-0.25, -0.2) is 0 Å². The molecule has 1 amide bonds. The Hall–Kier alpha value is -0.770. The van der Waals surface area contributed by atoms with Crippen LogP contribution in [0.4, 0.5) is 0 Å². The SMILES string of the molecule is CCCCCCCC(CC(=O)NCCO)O[C@@H]1O[C@@H](C)[C@H](O)[C@@H](O)[C@H]1O. The van der Waals surface area contributed by atoms with Crippen LogP contribution in [0.15, 0.2) is 0 Å². The van der Waals surface area contributed by atoms with Gasteiger partial charge in [0, 0.05) is 6.54 Å². The van der Waals surface area contributed by atoms with Crippen LogP contribution in [0, 0.1) is 0 Å². The number of aliphatic hydroxyl groups is 4. The lowest BCUT2D eigenvalue weighted by atomic mass is 9.99. The van der Waals surface area contributed by atoms with E-state index in [1.165, 1.54) is 0 Å². The lowest BCUT2D eigenvalue weighted by Crippen LogP contribution is -2.58. The second kappa shape index (κ2) is 12.6. The van der Waals surface area contributed by atoms with Gasteiger partial charge in [-0.05, 0) is 13.3 Å². The molecule has 154 valence electrons. The zero-order valence-corrected chi connectivity index (χ0v) is 15.8. The zero-order valence-electron chi connectivity index (χ0n) is 15.8. The van der Waals surface area contributed by atoms with Crippen LogP contribution in [0.25, 0.3) is 0 Å². The van der Waals surface area contributed by atoms with E-state index in [1.54, 1.807) is 6.92 Å². The summed E-state index contributed by atoms with van der Waals surface area (Å²) in [6, 6.07) is 0. The molecule has 0 saturated carbocycles. The van der Waals surface area contributed by atoms with Crippen LogP contribution in [0.1, 0.15) is 58.8 Å². The molecule has 1 fully saturated rings. The van der Waals surface area contributed by atoms with Crippen molar-refractivity contribution in [2.24, 2.45) is 0 Å². The summed E-state index contributed by atoms with van der Waals surface area (Å²) in [5.74, 6) is -0.253. The molecule has 8 heteroatoms. The van der Waals surface area contributed by atoms with E-state index in [0.29, 0.717) is 6.42 Å². The molecule has 0 aromatic heterocycles. The summed E-state index contributed by atoms with van der Waals surface area (Å²) >= 11 is 0. The van der Waals surface area contributed by atoms with Gasteiger partial charge in [0.2, 0.25) is 5.91 Å². The third-order valence-electron chi connectivity index (χ3n) is 4.61. The van der Waals surface area contributed by atoms with Gasteiger partial charge in [-0.1, -0.05) is 39.0 Å². The summed E-state index contributed by atoms with van der Waals surface area (Å²) in [5, 5.41) is 41.1. The Morgan fingerprint density at radius 3 is 2.46 bits per heavy atom. The van der Waals surface area contributed by atoms with Crippen molar-refractivity contribution in [2.45, 2.75) is 95.6 Å². The lowest BCUT2D eigenvalue weighted by Gasteiger charge is -2.40. The maximum Gasteiger partial charge on any atom is 0.222 e. The van der Waals surface area contributed by atoms with Crippen LogP contribution >= 0.6 is 0 Å². The van der Waals surface area contributed by atoms with E-state index < -0.39 is 36.8 Å². The van der Waals surface area contributed by atoms with Crippen LogP contribution in [0.5, 0.6) is 0 Å². The van der Waals surface area contributed by atoms with E-state index in [-0.39, 0.29) is 25.5 Å². The monoisotopic (exact) mass is 377 g/mol. The summed E-state index contributed by atoms with van der Waals surface area (Å²) in [5.41, 5.74) is 0. The predicted octanol–water partition coefficient (Wildman–Crippen LogP) is 0.0582. The summed E-state index contributed by atoms with van der Waals surface area (Å²) in [6.45, 7) is 3.76. The van der Waals surface area contributed by atoms with Gasteiger partial charge < -0.3 is 35.2 Å². The molecule has 8 nitrogen and oxygen atoms in total. The summed E-state index contributed by atoms with van der Waals surface area (Å²) < 4.78 is 11.2. The second-order valence-electron chi connectivity index (χ2n) is 6.92. The first kappa shape index (κ1) is 23.3. The fraction of sp³-hybridized carbons (Fsp3) is 0.944. The van der Waals surface area contributed by atoms with E-state index in [9.17, 15) is 20.1 Å². The van der Waals surface area contributed by atoms with Crippen LogP contribution < -0.4 is 5.32 Å². The molecule has 1 saturated heterocycles. The Morgan fingerprint density at radius 2 is 1.81 bits per heavy atom. The molecule has 26 heavy (non-hydrogen) atoms. The lowest BCUT2D eigenvalue weighted by molar-refractivity contribution is -0.304. The van der Waals surface area contributed by atoms with E-state index >= 15 is 0 Å². The van der Waals surface area contributed by atoms with Crippen molar-refractivity contribution in [3.05, 3.63) is 0 Å². The van der Waals surface area contributed by atoms with Crippen LogP contribution in [0.3, 0.4) is 0 Å². The van der Waals surface area contributed by atoms with Crippen molar-refractivity contribution >= 4 is 5.91 Å². The topological polar surface area (TPSA) is 128 Å². The van der Waals surface area contributed by atoms with Crippen molar-refractivity contribution in [1.82, 2.24) is 5.32 Å². The first-order valence-corrected chi connectivity index (χ1v) is 9.63. The van der Waals surface area contributed by atoms with E-state index in [0.717, 1.165) is 32.1 Å². The summed E-state index contributed by atoms with van der Waals surface area (Å²) in [6.07, 6.45) is -0.191. The molecule has 0 aromatic rings. The van der Waals surface area contributed by atoms with Crippen molar-refractivity contribution in [3.63, 3.8) is 0 Å². The Kier molecular flexibility index (Phi) is 11.3. The second-order valence-corrected chi connectivity index (χ2v) is 6.92. The van der Waals surface area contributed by atoms with Gasteiger partial charge >= 0.3 is 0 Å². The maximum atomic E-state index is 12.0. The van der Waals surface area contributed by atoms with Gasteiger partial charge in [-0.3, -0.25) is 4.79 Å². The van der Waals surface area contributed by atoms with E-state index in [4.69, 9.17) is 14.6 Å². The number of carbonyl (C=O) groups is 1. The minimum Gasteiger partial charge on any atom is -0.395 e. The smallest absolute Gasteiger partial charge is 0.222 e. The molecule has 1 heterocycles. The van der Waals surface area contributed by atoms with Gasteiger partial charge in [-0.2, -0.15) is 0 Å². The van der Waals surface area contributed by atoms with Gasteiger partial charge in [0.1, 0.15) is 18.3 Å². The maximum absolute atomic E-state index is 12.0. The Morgan fingerprint density at radius 1 is 1.12 bits per heavy atom. The third kappa shape index (κ3) is 7.85. The standard InChI is InChI=1S/C18H35NO7/c1-3-4-5-6-7-8-13(11-14(21)19-9-10-20)26-18-17(24)16(23)15(22)12(2)25-18/h12-13,15-18,20,22-24H,3-11H2,1-2H3,(H,19,21)/t12-,13?,15-,16+,17+,18-/m0/s1. The van der Waals surface area contributed by atoms with Crippen molar-refractivity contribution in [3.8, 4) is 0 Å². The number of hydrogen-bond acceptors (Lipinski definition) is 7. The first-order chi connectivity index (χ1) is 12.4. The van der Waals surface area contributed by atoms with Crippen LogP contribution in [-0.2, 0) is 14.3 Å². The minimum absolute atomic E-state index is 0.0768. The van der Waals surface area contributed by atoms with E-state index in [1.807, 2.05) is 0 Å². The Labute approximate surface area is 155 Å². The van der Waals surface area contributed by atoms with Gasteiger partial charge in [-0.15, -0.1) is 0 Å². The quantitative estimate of drug-likeness (QED) is 0.304. The largest absolute Gasteiger partial charge is 0.395 e. The molecule has 1 aliphatic rings. The summed E-state index contributed by atoms with van der Waals surface area (Å²) in [4.78, 5) is 12.0. The zero-order chi connectivity index (χ0) is 19.5. The molecular formula is C18H35NO7. The van der Waals surface area contributed by atoms with E-state index in [2.05, 4.69) is 12.2 Å². The first-order valence-electron chi connectivity index (χ1n) is 9.63. The molecule has 1 aliphatic heterocycles. The fourth-order valence-electron chi connectivity index (χ4n) is 2.98. The van der Waals surface area contributed by atoms with Gasteiger partial charge in [0.05, 0.1) is 25.2 Å². The minimum atomic E-state index is -1.38. The number of unbranched alkanes of at least 4 members (excludes halogenated alkanes) is 4. The average Bonchev–Trinajstić information content (AvgIpc) is 2.62. The van der Waals surface area contributed by atoms with Crippen molar-refractivity contribution in [1.29, 1.82) is 0 Å². The number of hydrogen-bond donors (Lipinski definition) is 5. The molecule has 1 unspecified atom stereocenters. The molecule has 0 aliphatic carbocycles. The molecular weight excluding hydrogens is 342 g/mol. The molecule has 1 rings (SSSR count). The molecule has 6 atom stereocenters. The highest BCUT2D eigenvalue weighted by Crippen LogP contribution is 2.24. The summed E-state index contributed by atoms with van der Waals surface area (Å²) in [7, 11) is 0. The predicted molar refractivity (Wildman–Crippen MR) is 95.3 cm³/mol. The highest BCUT2D eigenvalue weighted by molar-refractivity contribution is 5.76.